The van der Waals surface area contributed by atoms with E-state index < -0.39 is 5.91 Å². The molecular formula is C18H18Cl2N4O2. The molecule has 6 nitrogen and oxygen atoms in total. The average Bonchev–Trinajstić information content (AvgIpc) is 2.62. The number of oxime groups is 1. The summed E-state index contributed by atoms with van der Waals surface area (Å²) in [5.74, 6) is -0.425. The third-order valence-electron chi connectivity index (χ3n) is 3.41. The zero-order valence-corrected chi connectivity index (χ0v) is 15.8. The molecule has 0 atom stereocenters. The predicted molar refractivity (Wildman–Crippen MR) is 106 cm³/mol. The van der Waals surface area contributed by atoms with E-state index in [9.17, 15) is 4.79 Å². The van der Waals surface area contributed by atoms with Gasteiger partial charge in [0, 0.05) is 11.3 Å². The number of halogens is 2. The minimum Gasteiger partial charge on any atom is -0.399 e. The fourth-order valence-corrected chi connectivity index (χ4v) is 2.23. The Labute approximate surface area is 161 Å². The number of hydrogen-bond acceptors (Lipinski definition) is 5. The van der Waals surface area contributed by atoms with Crippen LogP contribution in [0.15, 0.2) is 52.7 Å². The van der Waals surface area contributed by atoms with Gasteiger partial charge in [0.05, 0.1) is 21.5 Å². The number of nitrogens with zero attached hydrogens (tertiary/aromatic N) is 2. The minimum atomic E-state index is -0.425. The van der Waals surface area contributed by atoms with Crippen LogP contribution in [-0.4, -0.2) is 23.9 Å². The van der Waals surface area contributed by atoms with Crippen LogP contribution in [-0.2, 0) is 9.63 Å². The second-order valence-electron chi connectivity index (χ2n) is 5.43. The number of carbonyl (C=O) groups excluding carboxylic acids is 1. The van der Waals surface area contributed by atoms with Gasteiger partial charge >= 0.3 is 0 Å². The van der Waals surface area contributed by atoms with Crippen molar-refractivity contribution in [2.45, 2.75) is 13.8 Å². The zero-order chi connectivity index (χ0) is 19.1. The Kier molecular flexibility index (Phi) is 7.00. The lowest BCUT2D eigenvalue weighted by Gasteiger charge is -2.05. The highest BCUT2D eigenvalue weighted by Crippen LogP contribution is 2.22. The summed E-state index contributed by atoms with van der Waals surface area (Å²) >= 11 is 11.8. The van der Waals surface area contributed by atoms with E-state index in [0.717, 1.165) is 11.1 Å². The van der Waals surface area contributed by atoms with Crippen LogP contribution in [0.3, 0.4) is 0 Å². The van der Waals surface area contributed by atoms with Gasteiger partial charge in [0.1, 0.15) is 0 Å². The van der Waals surface area contributed by atoms with Gasteiger partial charge in [-0.25, -0.2) is 5.43 Å². The van der Waals surface area contributed by atoms with E-state index in [-0.39, 0.29) is 6.61 Å². The quantitative estimate of drug-likeness (QED) is 0.444. The monoisotopic (exact) mass is 392 g/mol. The molecule has 0 bridgehead atoms. The summed E-state index contributed by atoms with van der Waals surface area (Å²) in [4.78, 5) is 16.8. The molecule has 26 heavy (non-hydrogen) atoms. The first-order valence-corrected chi connectivity index (χ1v) is 8.43. The Hall–Kier alpha value is -2.57. The molecule has 2 aromatic carbocycles. The van der Waals surface area contributed by atoms with Crippen LogP contribution >= 0.6 is 23.2 Å². The van der Waals surface area contributed by atoms with E-state index >= 15 is 0 Å². The van der Waals surface area contributed by atoms with Crippen molar-refractivity contribution in [2.75, 3.05) is 12.3 Å². The van der Waals surface area contributed by atoms with Crippen molar-refractivity contribution in [1.82, 2.24) is 5.43 Å². The van der Waals surface area contributed by atoms with Crippen molar-refractivity contribution in [2.24, 2.45) is 10.3 Å². The molecule has 3 N–H and O–H groups in total. The van der Waals surface area contributed by atoms with Crippen LogP contribution in [0.4, 0.5) is 5.69 Å². The number of benzene rings is 2. The van der Waals surface area contributed by atoms with Crippen LogP contribution in [0, 0.1) is 0 Å². The van der Waals surface area contributed by atoms with Crippen molar-refractivity contribution in [1.29, 1.82) is 0 Å². The Morgan fingerprint density at radius 3 is 2.35 bits per heavy atom. The first-order chi connectivity index (χ1) is 12.4. The maximum atomic E-state index is 11.8. The Morgan fingerprint density at radius 2 is 1.69 bits per heavy atom. The lowest BCUT2D eigenvalue weighted by molar-refractivity contribution is -0.125. The van der Waals surface area contributed by atoms with E-state index in [0.29, 0.717) is 27.2 Å². The number of anilines is 1. The smallest absolute Gasteiger partial charge is 0.280 e. The molecule has 0 aliphatic rings. The minimum absolute atomic E-state index is 0.267. The van der Waals surface area contributed by atoms with Crippen molar-refractivity contribution >= 4 is 46.2 Å². The Morgan fingerprint density at radius 1 is 1.04 bits per heavy atom. The van der Waals surface area contributed by atoms with Crippen LogP contribution in [0.2, 0.25) is 10.0 Å². The average molecular weight is 393 g/mol. The van der Waals surface area contributed by atoms with E-state index in [1.54, 1.807) is 44.2 Å². The number of nitrogen functional groups attached to an aromatic ring is 1. The second kappa shape index (κ2) is 9.22. The van der Waals surface area contributed by atoms with Crippen molar-refractivity contribution in [3.63, 3.8) is 0 Å². The fraction of sp³-hybridized carbons (Fsp3) is 0.167. The largest absolute Gasteiger partial charge is 0.399 e. The highest BCUT2D eigenvalue weighted by atomic mass is 35.5. The van der Waals surface area contributed by atoms with Gasteiger partial charge in [0.25, 0.3) is 5.91 Å². The SMILES string of the molecule is C/C(=N\NC(=O)CO/N=C(\C)c1ccc(Cl)c(Cl)c1)c1ccc(N)cc1. The third-order valence-corrected chi connectivity index (χ3v) is 4.15. The van der Waals surface area contributed by atoms with Crippen LogP contribution in [0.25, 0.3) is 0 Å². The van der Waals surface area contributed by atoms with Gasteiger partial charge in [-0.2, -0.15) is 5.10 Å². The highest BCUT2D eigenvalue weighted by molar-refractivity contribution is 6.42. The predicted octanol–water partition coefficient (Wildman–Crippen LogP) is 3.86. The van der Waals surface area contributed by atoms with E-state index in [1.807, 2.05) is 12.1 Å². The third kappa shape index (κ3) is 5.75. The molecule has 0 saturated carbocycles. The molecule has 0 radical (unpaired) electrons. The fourth-order valence-electron chi connectivity index (χ4n) is 1.93. The first kappa shape index (κ1) is 19.8. The zero-order valence-electron chi connectivity index (χ0n) is 14.3. The van der Waals surface area contributed by atoms with Gasteiger partial charge in [-0.05, 0) is 43.7 Å². The van der Waals surface area contributed by atoms with Gasteiger partial charge < -0.3 is 10.6 Å². The van der Waals surface area contributed by atoms with Gasteiger partial charge in [-0.1, -0.05) is 46.6 Å². The molecule has 0 saturated heterocycles. The molecule has 136 valence electrons. The normalized spacial score (nSPS) is 12.0. The summed E-state index contributed by atoms with van der Waals surface area (Å²) in [6.07, 6.45) is 0. The summed E-state index contributed by atoms with van der Waals surface area (Å²) in [5.41, 5.74) is 11.5. The maximum absolute atomic E-state index is 11.8. The van der Waals surface area contributed by atoms with Crippen molar-refractivity contribution < 1.29 is 9.63 Å². The molecule has 1 amide bonds. The molecular weight excluding hydrogens is 375 g/mol. The number of amides is 1. The summed E-state index contributed by atoms with van der Waals surface area (Å²) < 4.78 is 0. The molecule has 0 spiro atoms. The number of rotatable bonds is 6. The lowest BCUT2D eigenvalue weighted by Crippen LogP contribution is -2.23. The summed E-state index contributed by atoms with van der Waals surface area (Å²) in [7, 11) is 0. The Balaban J connectivity index is 1.87. The van der Waals surface area contributed by atoms with Crippen LogP contribution < -0.4 is 11.2 Å². The molecule has 0 aromatic heterocycles. The summed E-state index contributed by atoms with van der Waals surface area (Å²) in [6, 6.07) is 12.3. The van der Waals surface area contributed by atoms with E-state index in [1.165, 1.54) is 0 Å². The molecule has 0 aliphatic carbocycles. The van der Waals surface area contributed by atoms with E-state index in [4.69, 9.17) is 33.8 Å². The molecule has 2 aromatic rings. The number of carbonyl (C=O) groups is 1. The second-order valence-corrected chi connectivity index (χ2v) is 6.25. The maximum Gasteiger partial charge on any atom is 0.280 e. The number of hydrazone groups is 1. The standard InChI is InChI=1S/C18H18Cl2N4O2/c1-11(13-3-6-15(21)7-4-13)22-23-18(25)10-26-24-12(2)14-5-8-16(19)17(20)9-14/h3-9H,10,21H2,1-2H3,(H,23,25)/b22-11+,24-12+. The first-order valence-electron chi connectivity index (χ1n) is 7.68. The van der Waals surface area contributed by atoms with Crippen molar-refractivity contribution in [3.05, 3.63) is 63.6 Å². The highest BCUT2D eigenvalue weighted by Gasteiger charge is 2.05. The number of nitrogens with two attached hydrogens (primary N) is 1. The molecule has 0 fully saturated rings. The number of hydrogen-bond donors (Lipinski definition) is 2. The van der Waals surface area contributed by atoms with Crippen LogP contribution in [0.1, 0.15) is 25.0 Å². The molecule has 8 heteroatoms. The lowest BCUT2D eigenvalue weighted by atomic mass is 10.1. The molecule has 2 rings (SSSR count). The van der Waals surface area contributed by atoms with Crippen molar-refractivity contribution in [3.8, 4) is 0 Å². The van der Waals surface area contributed by atoms with E-state index in [2.05, 4.69) is 15.7 Å². The van der Waals surface area contributed by atoms with Gasteiger partial charge in [-0.3, -0.25) is 4.79 Å². The summed E-state index contributed by atoms with van der Waals surface area (Å²) in [6.45, 7) is 3.25. The van der Waals surface area contributed by atoms with Gasteiger partial charge in [0.2, 0.25) is 0 Å². The molecule has 0 unspecified atom stereocenters. The Bertz CT molecular complexity index is 849. The molecule has 0 aliphatic heterocycles. The summed E-state index contributed by atoms with van der Waals surface area (Å²) in [5, 5.41) is 8.79. The molecule has 0 heterocycles. The van der Waals surface area contributed by atoms with Crippen LogP contribution in [0.5, 0.6) is 0 Å². The topological polar surface area (TPSA) is 89.1 Å². The van der Waals surface area contributed by atoms with Gasteiger partial charge in [0.15, 0.2) is 6.61 Å². The van der Waals surface area contributed by atoms with Gasteiger partial charge in [-0.15, -0.1) is 0 Å². The number of nitrogens with one attached hydrogen (secondary N) is 1.